The van der Waals surface area contributed by atoms with Crippen LogP contribution in [0.1, 0.15) is 55.7 Å². The predicted octanol–water partition coefficient (Wildman–Crippen LogP) is 4.77. The number of hydrogen-bond donors (Lipinski definition) is 1. The van der Waals surface area contributed by atoms with Gasteiger partial charge in [-0.05, 0) is 56.0 Å². The van der Waals surface area contributed by atoms with Crippen LogP contribution in [0.4, 0.5) is 4.79 Å². The average molecular weight is 463 g/mol. The molecule has 1 heterocycles. The molecule has 1 saturated heterocycles. The molecule has 0 bridgehead atoms. The van der Waals surface area contributed by atoms with Gasteiger partial charge in [-0.1, -0.05) is 55.2 Å². The Kier molecular flexibility index (Phi) is 7.30. The number of benzene rings is 2. The van der Waals surface area contributed by atoms with Gasteiger partial charge in [-0.2, -0.15) is 0 Å². The lowest BCUT2D eigenvalue weighted by atomic mass is 9.93. The molecule has 7 heteroatoms. The summed E-state index contributed by atoms with van der Waals surface area (Å²) >= 11 is 0. The highest BCUT2D eigenvalue weighted by Crippen LogP contribution is 2.31. The van der Waals surface area contributed by atoms with Gasteiger partial charge in [0.1, 0.15) is 12.2 Å². The van der Waals surface area contributed by atoms with E-state index in [-0.39, 0.29) is 11.6 Å². The predicted molar refractivity (Wildman–Crippen MR) is 128 cm³/mol. The van der Waals surface area contributed by atoms with E-state index in [9.17, 15) is 14.4 Å². The van der Waals surface area contributed by atoms with Crippen LogP contribution >= 0.6 is 0 Å². The molecule has 1 N–H and O–H groups in total. The molecule has 0 aromatic heterocycles. The Morgan fingerprint density at radius 3 is 2.53 bits per heavy atom. The van der Waals surface area contributed by atoms with Crippen LogP contribution in [-0.4, -0.2) is 35.4 Å². The highest BCUT2D eigenvalue weighted by molar-refractivity contribution is 6.31. The highest BCUT2D eigenvalue weighted by atomic mass is 16.5. The number of barbiturate groups is 1. The zero-order chi connectivity index (χ0) is 24.1. The summed E-state index contributed by atoms with van der Waals surface area (Å²) < 4.78 is 11.7. The molecule has 1 saturated carbocycles. The minimum atomic E-state index is -0.681. The van der Waals surface area contributed by atoms with Gasteiger partial charge >= 0.3 is 6.03 Å². The van der Waals surface area contributed by atoms with E-state index in [1.807, 2.05) is 32.0 Å². The standard InChI is InChI=1S/C27H30N2O5/c1-3-33-24-16-19(12-13-23(24)34-17-20-9-7-8-18(2)14-20)15-22-25(30)28-27(32)29(26(22)31)21-10-5-4-6-11-21/h7-9,12-16,21H,3-6,10-11,17H2,1-2H3,(H,28,30,32)/b22-15+. The molecule has 0 spiro atoms. The van der Waals surface area contributed by atoms with Crippen LogP contribution in [0.2, 0.25) is 0 Å². The van der Waals surface area contributed by atoms with E-state index in [1.165, 1.54) is 11.0 Å². The zero-order valence-corrected chi connectivity index (χ0v) is 19.6. The summed E-state index contributed by atoms with van der Waals surface area (Å²) in [5, 5.41) is 2.32. The number of hydrogen-bond acceptors (Lipinski definition) is 5. The number of nitrogens with one attached hydrogen (secondary N) is 1. The van der Waals surface area contributed by atoms with E-state index in [0.29, 0.717) is 30.3 Å². The quantitative estimate of drug-likeness (QED) is 0.473. The number of amides is 4. The fourth-order valence-electron chi connectivity index (χ4n) is 4.47. The van der Waals surface area contributed by atoms with E-state index < -0.39 is 17.8 Å². The van der Waals surface area contributed by atoms with E-state index in [0.717, 1.165) is 43.2 Å². The Labute approximate surface area is 199 Å². The number of carbonyl (C=O) groups excluding carboxylic acids is 3. The monoisotopic (exact) mass is 462 g/mol. The number of imide groups is 2. The van der Waals surface area contributed by atoms with Gasteiger partial charge in [0.15, 0.2) is 11.5 Å². The van der Waals surface area contributed by atoms with Crippen molar-refractivity contribution in [2.24, 2.45) is 0 Å². The third-order valence-corrected chi connectivity index (χ3v) is 6.13. The fraction of sp³-hybridized carbons (Fsp3) is 0.370. The Balaban J connectivity index is 1.56. The third kappa shape index (κ3) is 5.30. The molecule has 34 heavy (non-hydrogen) atoms. The smallest absolute Gasteiger partial charge is 0.331 e. The van der Waals surface area contributed by atoms with Crippen molar-refractivity contribution >= 4 is 23.9 Å². The number of ether oxygens (including phenoxy) is 2. The second-order valence-corrected chi connectivity index (χ2v) is 8.70. The molecule has 2 aromatic rings. The van der Waals surface area contributed by atoms with Gasteiger partial charge in [-0.15, -0.1) is 0 Å². The summed E-state index contributed by atoms with van der Waals surface area (Å²) in [5.41, 5.74) is 2.76. The van der Waals surface area contributed by atoms with Crippen molar-refractivity contribution in [3.63, 3.8) is 0 Å². The van der Waals surface area contributed by atoms with Crippen molar-refractivity contribution in [2.45, 2.75) is 58.6 Å². The van der Waals surface area contributed by atoms with Crippen molar-refractivity contribution in [2.75, 3.05) is 6.61 Å². The molecule has 0 unspecified atom stereocenters. The number of nitrogens with zero attached hydrogens (tertiary/aromatic N) is 1. The van der Waals surface area contributed by atoms with Gasteiger partial charge in [-0.3, -0.25) is 19.8 Å². The molecule has 4 rings (SSSR count). The normalized spacial score (nSPS) is 18.2. The lowest BCUT2D eigenvalue weighted by Gasteiger charge is -2.35. The van der Waals surface area contributed by atoms with E-state index in [2.05, 4.69) is 11.4 Å². The number of aryl methyl sites for hydroxylation is 1. The van der Waals surface area contributed by atoms with Crippen molar-refractivity contribution in [3.8, 4) is 11.5 Å². The van der Waals surface area contributed by atoms with Gasteiger partial charge in [0, 0.05) is 6.04 Å². The SMILES string of the molecule is CCOc1cc(/C=C2\C(=O)NC(=O)N(C3CCCCC3)C2=O)ccc1OCc1cccc(C)c1. The summed E-state index contributed by atoms with van der Waals surface area (Å²) in [6.07, 6.45) is 6.07. The molecule has 1 aliphatic carbocycles. The van der Waals surface area contributed by atoms with Crippen molar-refractivity contribution in [1.29, 1.82) is 0 Å². The minimum absolute atomic E-state index is 0.0546. The van der Waals surface area contributed by atoms with Crippen LogP contribution in [0.5, 0.6) is 11.5 Å². The van der Waals surface area contributed by atoms with Crippen LogP contribution in [0, 0.1) is 6.92 Å². The van der Waals surface area contributed by atoms with E-state index in [1.54, 1.807) is 18.2 Å². The van der Waals surface area contributed by atoms with E-state index >= 15 is 0 Å². The summed E-state index contributed by atoms with van der Waals surface area (Å²) in [4.78, 5) is 39.3. The number of rotatable bonds is 7. The number of urea groups is 1. The van der Waals surface area contributed by atoms with Gasteiger partial charge in [0.25, 0.3) is 11.8 Å². The van der Waals surface area contributed by atoms with Crippen LogP contribution in [-0.2, 0) is 16.2 Å². The van der Waals surface area contributed by atoms with E-state index in [4.69, 9.17) is 9.47 Å². The maximum absolute atomic E-state index is 13.1. The topological polar surface area (TPSA) is 84.9 Å². The largest absolute Gasteiger partial charge is 0.490 e. The first-order chi connectivity index (χ1) is 16.5. The summed E-state index contributed by atoms with van der Waals surface area (Å²) in [5.74, 6) is -0.129. The van der Waals surface area contributed by atoms with Gasteiger partial charge in [0.2, 0.25) is 0 Å². The molecular formula is C27H30N2O5. The maximum atomic E-state index is 13.1. The third-order valence-electron chi connectivity index (χ3n) is 6.13. The molecular weight excluding hydrogens is 432 g/mol. The van der Waals surface area contributed by atoms with Crippen LogP contribution in [0.15, 0.2) is 48.0 Å². The number of carbonyl (C=O) groups is 3. The highest BCUT2D eigenvalue weighted by Gasteiger charge is 2.40. The molecule has 7 nitrogen and oxygen atoms in total. The van der Waals surface area contributed by atoms with Crippen LogP contribution in [0.25, 0.3) is 6.08 Å². The maximum Gasteiger partial charge on any atom is 0.331 e. The average Bonchev–Trinajstić information content (AvgIpc) is 2.82. The molecule has 2 fully saturated rings. The summed E-state index contributed by atoms with van der Waals surface area (Å²) in [7, 11) is 0. The van der Waals surface area contributed by atoms with Crippen molar-refractivity contribution in [1.82, 2.24) is 10.2 Å². The molecule has 2 aromatic carbocycles. The lowest BCUT2D eigenvalue weighted by molar-refractivity contribution is -0.132. The molecule has 0 radical (unpaired) electrons. The zero-order valence-electron chi connectivity index (χ0n) is 19.6. The van der Waals surface area contributed by atoms with Crippen LogP contribution in [0.3, 0.4) is 0 Å². The Morgan fingerprint density at radius 2 is 1.79 bits per heavy atom. The van der Waals surface area contributed by atoms with Crippen molar-refractivity contribution < 1.29 is 23.9 Å². The van der Waals surface area contributed by atoms with Gasteiger partial charge < -0.3 is 9.47 Å². The lowest BCUT2D eigenvalue weighted by Crippen LogP contribution is -2.58. The Bertz CT molecular complexity index is 1120. The Hall–Kier alpha value is -3.61. The molecule has 2 aliphatic rings. The second kappa shape index (κ2) is 10.5. The first-order valence-corrected chi connectivity index (χ1v) is 11.8. The molecule has 1 aliphatic heterocycles. The van der Waals surface area contributed by atoms with Gasteiger partial charge in [0.05, 0.1) is 6.61 Å². The fourth-order valence-corrected chi connectivity index (χ4v) is 4.47. The molecule has 4 amide bonds. The summed E-state index contributed by atoms with van der Waals surface area (Å²) in [6.45, 7) is 4.73. The first kappa shape index (κ1) is 23.5. The van der Waals surface area contributed by atoms with Gasteiger partial charge in [-0.25, -0.2) is 4.79 Å². The van der Waals surface area contributed by atoms with Crippen LogP contribution < -0.4 is 14.8 Å². The van der Waals surface area contributed by atoms with Crippen molar-refractivity contribution in [3.05, 3.63) is 64.7 Å². The Morgan fingerprint density at radius 1 is 1.00 bits per heavy atom. The second-order valence-electron chi connectivity index (χ2n) is 8.70. The first-order valence-electron chi connectivity index (χ1n) is 11.8. The molecule has 178 valence electrons. The summed E-state index contributed by atoms with van der Waals surface area (Å²) in [6, 6.07) is 12.5. The minimum Gasteiger partial charge on any atom is -0.490 e. The molecule has 0 atom stereocenters.